The van der Waals surface area contributed by atoms with E-state index in [2.05, 4.69) is 0 Å². The van der Waals surface area contributed by atoms with Gasteiger partial charge in [0.15, 0.2) is 0 Å². The quantitative estimate of drug-likeness (QED) is 0.685. The first-order chi connectivity index (χ1) is 9.54. The van der Waals surface area contributed by atoms with Crippen LogP contribution in [0, 0.1) is 0 Å². The number of nitrogens with zero attached hydrogens (tertiary/aromatic N) is 1. The SMILES string of the molecule is COC(=O)c1cc(N)cc(Cl)c1N(C)C1CCOCC1. The summed E-state index contributed by atoms with van der Waals surface area (Å²) in [6.45, 7) is 1.43. The maximum absolute atomic E-state index is 11.9. The van der Waals surface area contributed by atoms with Crippen LogP contribution < -0.4 is 10.6 Å². The minimum absolute atomic E-state index is 0.285. The van der Waals surface area contributed by atoms with Crippen molar-refractivity contribution in [2.75, 3.05) is 38.0 Å². The lowest BCUT2D eigenvalue weighted by Gasteiger charge is -2.34. The first-order valence-corrected chi connectivity index (χ1v) is 6.90. The number of esters is 1. The largest absolute Gasteiger partial charge is 0.465 e. The fourth-order valence-corrected chi connectivity index (χ4v) is 2.86. The molecule has 1 aromatic carbocycles. The number of benzene rings is 1. The van der Waals surface area contributed by atoms with Gasteiger partial charge in [-0.15, -0.1) is 0 Å². The van der Waals surface area contributed by atoms with E-state index in [9.17, 15) is 4.79 Å². The minimum atomic E-state index is -0.437. The second kappa shape index (κ2) is 6.33. The zero-order valence-corrected chi connectivity index (χ0v) is 12.4. The van der Waals surface area contributed by atoms with Gasteiger partial charge < -0.3 is 20.1 Å². The third-order valence-electron chi connectivity index (χ3n) is 3.58. The Morgan fingerprint density at radius 3 is 2.70 bits per heavy atom. The molecular weight excluding hydrogens is 280 g/mol. The van der Waals surface area contributed by atoms with Gasteiger partial charge in [-0.2, -0.15) is 0 Å². The Labute approximate surface area is 123 Å². The highest BCUT2D eigenvalue weighted by molar-refractivity contribution is 6.34. The van der Waals surface area contributed by atoms with Crippen LogP contribution in [0.1, 0.15) is 23.2 Å². The van der Waals surface area contributed by atoms with Crippen LogP contribution in [0.15, 0.2) is 12.1 Å². The number of ether oxygens (including phenoxy) is 2. The molecule has 1 aromatic rings. The number of carbonyl (C=O) groups is 1. The maximum atomic E-state index is 11.9. The predicted molar refractivity (Wildman–Crippen MR) is 79.4 cm³/mol. The topological polar surface area (TPSA) is 64.8 Å². The van der Waals surface area contributed by atoms with Crippen molar-refractivity contribution in [1.82, 2.24) is 0 Å². The molecule has 0 bridgehead atoms. The van der Waals surface area contributed by atoms with Crippen LogP contribution in [0.25, 0.3) is 0 Å². The van der Waals surface area contributed by atoms with Crippen LogP contribution in [-0.4, -0.2) is 39.4 Å². The molecule has 1 aliphatic heterocycles. The highest BCUT2D eigenvalue weighted by Crippen LogP contribution is 2.34. The standard InChI is InChI=1S/C14H19ClN2O3/c1-17(10-3-5-20-6-4-10)13-11(14(18)19-2)7-9(16)8-12(13)15/h7-8,10H,3-6,16H2,1-2H3. The number of nitrogens with two attached hydrogens (primary N) is 1. The third kappa shape index (κ3) is 2.99. The molecule has 110 valence electrons. The van der Waals surface area contributed by atoms with Crippen molar-refractivity contribution in [3.8, 4) is 0 Å². The number of halogens is 1. The maximum Gasteiger partial charge on any atom is 0.340 e. The first-order valence-electron chi connectivity index (χ1n) is 6.52. The molecule has 1 heterocycles. The van der Waals surface area contributed by atoms with Crippen molar-refractivity contribution >= 4 is 28.9 Å². The molecular formula is C14H19ClN2O3. The monoisotopic (exact) mass is 298 g/mol. The van der Waals surface area contributed by atoms with E-state index in [-0.39, 0.29) is 6.04 Å². The Bertz CT molecular complexity index is 501. The Morgan fingerprint density at radius 1 is 1.45 bits per heavy atom. The molecule has 2 N–H and O–H groups in total. The Hall–Kier alpha value is -1.46. The number of methoxy groups -OCH3 is 1. The summed E-state index contributed by atoms with van der Waals surface area (Å²) in [7, 11) is 3.28. The van der Waals surface area contributed by atoms with E-state index < -0.39 is 5.97 Å². The predicted octanol–water partition coefficient (Wildman–Crippen LogP) is 2.32. The smallest absolute Gasteiger partial charge is 0.340 e. The minimum Gasteiger partial charge on any atom is -0.465 e. The van der Waals surface area contributed by atoms with E-state index in [1.165, 1.54) is 7.11 Å². The summed E-state index contributed by atoms with van der Waals surface area (Å²) in [6.07, 6.45) is 1.80. The highest BCUT2D eigenvalue weighted by atomic mass is 35.5. The molecule has 2 rings (SSSR count). The fraction of sp³-hybridized carbons (Fsp3) is 0.500. The molecule has 5 nitrogen and oxygen atoms in total. The van der Waals surface area contributed by atoms with Gasteiger partial charge in [-0.1, -0.05) is 11.6 Å². The molecule has 0 unspecified atom stereocenters. The van der Waals surface area contributed by atoms with Crippen LogP contribution in [0.2, 0.25) is 5.02 Å². The number of anilines is 2. The number of hydrogen-bond donors (Lipinski definition) is 1. The number of rotatable bonds is 3. The summed E-state index contributed by atoms with van der Waals surface area (Å²) >= 11 is 6.29. The van der Waals surface area contributed by atoms with E-state index in [4.69, 9.17) is 26.8 Å². The molecule has 0 atom stereocenters. The van der Waals surface area contributed by atoms with Gasteiger partial charge in [0.25, 0.3) is 0 Å². The highest BCUT2D eigenvalue weighted by Gasteiger charge is 2.25. The van der Waals surface area contributed by atoms with E-state index >= 15 is 0 Å². The van der Waals surface area contributed by atoms with Crippen LogP contribution in [0.5, 0.6) is 0 Å². The Balaban J connectivity index is 2.40. The van der Waals surface area contributed by atoms with E-state index in [0.29, 0.717) is 22.0 Å². The van der Waals surface area contributed by atoms with Crippen molar-refractivity contribution in [2.24, 2.45) is 0 Å². The average molecular weight is 299 g/mol. The second-order valence-corrected chi connectivity index (χ2v) is 5.25. The fourth-order valence-electron chi connectivity index (χ4n) is 2.50. The van der Waals surface area contributed by atoms with Crippen LogP contribution >= 0.6 is 11.6 Å². The van der Waals surface area contributed by atoms with E-state index in [0.717, 1.165) is 26.1 Å². The molecule has 0 radical (unpaired) electrons. The van der Waals surface area contributed by atoms with Crippen LogP contribution in [-0.2, 0) is 9.47 Å². The number of nitrogen functional groups attached to an aromatic ring is 1. The van der Waals surface area contributed by atoms with E-state index in [1.807, 2.05) is 11.9 Å². The van der Waals surface area contributed by atoms with Crippen LogP contribution in [0.4, 0.5) is 11.4 Å². The molecule has 0 aliphatic carbocycles. The van der Waals surface area contributed by atoms with Gasteiger partial charge in [-0.05, 0) is 25.0 Å². The molecule has 1 saturated heterocycles. The Kier molecular flexibility index (Phi) is 4.73. The number of carbonyl (C=O) groups excluding carboxylic acids is 1. The lowest BCUT2D eigenvalue weighted by Crippen LogP contribution is -2.37. The van der Waals surface area contributed by atoms with Crippen molar-refractivity contribution < 1.29 is 14.3 Å². The molecule has 0 spiro atoms. The van der Waals surface area contributed by atoms with Gasteiger partial charge in [-0.25, -0.2) is 4.79 Å². The summed E-state index contributed by atoms with van der Waals surface area (Å²) in [6, 6.07) is 3.54. The van der Waals surface area contributed by atoms with Crippen molar-refractivity contribution in [3.63, 3.8) is 0 Å². The van der Waals surface area contributed by atoms with Gasteiger partial charge in [0.05, 0.1) is 23.4 Å². The molecule has 0 aromatic heterocycles. The normalized spacial score (nSPS) is 15.9. The lowest BCUT2D eigenvalue weighted by molar-refractivity contribution is 0.0601. The zero-order valence-electron chi connectivity index (χ0n) is 11.7. The van der Waals surface area contributed by atoms with Gasteiger partial charge in [-0.3, -0.25) is 0 Å². The van der Waals surface area contributed by atoms with E-state index in [1.54, 1.807) is 12.1 Å². The summed E-state index contributed by atoms with van der Waals surface area (Å²) in [4.78, 5) is 14.0. The Morgan fingerprint density at radius 2 is 2.10 bits per heavy atom. The van der Waals surface area contributed by atoms with Crippen LogP contribution in [0.3, 0.4) is 0 Å². The van der Waals surface area contributed by atoms with Crippen molar-refractivity contribution in [2.45, 2.75) is 18.9 Å². The molecule has 1 fully saturated rings. The first kappa shape index (κ1) is 14.9. The van der Waals surface area contributed by atoms with Gasteiger partial charge in [0.1, 0.15) is 0 Å². The van der Waals surface area contributed by atoms with Crippen molar-refractivity contribution in [3.05, 3.63) is 22.7 Å². The molecule has 0 amide bonds. The molecule has 1 aliphatic rings. The van der Waals surface area contributed by atoms with Gasteiger partial charge in [0, 0.05) is 32.0 Å². The second-order valence-electron chi connectivity index (χ2n) is 4.84. The summed E-state index contributed by atoms with van der Waals surface area (Å²) in [5, 5.41) is 0.458. The zero-order chi connectivity index (χ0) is 14.7. The molecule has 0 saturated carbocycles. The summed E-state index contributed by atoms with van der Waals surface area (Å²) in [5.41, 5.74) is 7.27. The lowest BCUT2D eigenvalue weighted by atomic mass is 10.0. The van der Waals surface area contributed by atoms with Crippen molar-refractivity contribution in [1.29, 1.82) is 0 Å². The van der Waals surface area contributed by atoms with Gasteiger partial charge >= 0.3 is 5.97 Å². The number of hydrogen-bond acceptors (Lipinski definition) is 5. The van der Waals surface area contributed by atoms with Gasteiger partial charge in [0.2, 0.25) is 0 Å². The molecule has 6 heteroatoms. The summed E-state index contributed by atoms with van der Waals surface area (Å²) in [5.74, 6) is -0.437. The third-order valence-corrected chi connectivity index (χ3v) is 3.87. The average Bonchev–Trinajstić information content (AvgIpc) is 2.46. The molecule has 20 heavy (non-hydrogen) atoms. The summed E-state index contributed by atoms with van der Waals surface area (Å²) < 4.78 is 10.2.